The molecule has 0 fully saturated rings. The number of nitrogens with zero attached hydrogens (tertiary/aromatic N) is 3. The van der Waals surface area contributed by atoms with Gasteiger partial charge in [0.1, 0.15) is 29.8 Å². The van der Waals surface area contributed by atoms with Gasteiger partial charge < -0.3 is 20.2 Å². The van der Waals surface area contributed by atoms with Crippen molar-refractivity contribution in [2.45, 2.75) is 45.9 Å². The number of furan rings is 1. The Labute approximate surface area is 134 Å². The van der Waals surface area contributed by atoms with Crippen LogP contribution >= 0.6 is 0 Å². The fourth-order valence-corrected chi connectivity index (χ4v) is 2.44. The summed E-state index contributed by atoms with van der Waals surface area (Å²) in [6.45, 7) is 7.71. The van der Waals surface area contributed by atoms with Gasteiger partial charge in [0.05, 0.1) is 13.1 Å². The molecule has 0 spiro atoms. The zero-order valence-electron chi connectivity index (χ0n) is 13.8. The van der Waals surface area contributed by atoms with Gasteiger partial charge >= 0.3 is 6.03 Å². The van der Waals surface area contributed by atoms with Gasteiger partial charge in [-0.25, -0.2) is 9.78 Å². The maximum Gasteiger partial charge on any atom is 0.315 e. The molecule has 2 unspecified atom stereocenters. The van der Waals surface area contributed by atoms with Crippen LogP contribution in [0.25, 0.3) is 0 Å². The van der Waals surface area contributed by atoms with E-state index in [4.69, 9.17) is 4.42 Å². The number of urea groups is 1. The van der Waals surface area contributed by atoms with Gasteiger partial charge in [0.2, 0.25) is 0 Å². The smallest absolute Gasteiger partial charge is 0.315 e. The first-order chi connectivity index (χ1) is 10.8. The van der Waals surface area contributed by atoms with E-state index in [1.54, 1.807) is 30.9 Å². The Hall–Kier alpha value is -2.35. The van der Waals surface area contributed by atoms with E-state index in [1.165, 1.54) is 6.33 Å². The summed E-state index contributed by atoms with van der Waals surface area (Å²) in [6, 6.07) is 1.30. The van der Waals surface area contributed by atoms with Crippen LogP contribution in [0, 0.1) is 13.8 Å². The highest BCUT2D eigenvalue weighted by Crippen LogP contribution is 2.26. The molecule has 0 saturated carbocycles. The predicted molar refractivity (Wildman–Crippen MR) is 83.8 cm³/mol. The van der Waals surface area contributed by atoms with Crippen LogP contribution in [0.1, 0.15) is 30.9 Å². The van der Waals surface area contributed by atoms with Crippen LogP contribution in [0.4, 0.5) is 4.79 Å². The molecule has 2 amide bonds. The SMILES string of the molecule is Cc1cc(C(C)(O)CNC(=O)NC(C)Cn2cncn2)c(C)o1. The molecule has 0 bridgehead atoms. The molecule has 0 aliphatic carbocycles. The Bertz CT molecular complexity index is 648. The molecule has 8 nitrogen and oxygen atoms in total. The van der Waals surface area contributed by atoms with Crippen LogP contribution in [0.5, 0.6) is 0 Å². The summed E-state index contributed by atoms with van der Waals surface area (Å²) in [5, 5.41) is 20.0. The second kappa shape index (κ2) is 6.82. The average molecular weight is 321 g/mol. The zero-order valence-corrected chi connectivity index (χ0v) is 13.8. The van der Waals surface area contributed by atoms with Gasteiger partial charge in [-0.15, -0.1) is 0 Å². The zero-order chi connectivity index (χ0) is 17.0. The first-order valence-corrected chi connectivity index (χ1v) is 7.44. The summed E-state index contributed by atoms with van der Waals surface area (Å²) in [7, 11) is 0. The number of aryl methyl sites for hydroxylation is 2. The standard InChI is InChI=1S/C15H23N5O3/c1-10(6-20-9-16-8-18-20)19-14(21)17-7-15(4,22)13-5-11(2)23-12(13)3/h5,8-10,22H,6-7H2,1-4H3,(H2,17,19,21). The third-order valence-electron chi connectivity index (χ3n) is 3.52. The lowest BCUT2D eigenvalue weighted by molar-refractivity contribution is 0.0577. The van der Waals surface area contributed by atoms with E-state index in [1.807, 2.05) is 13.8 Å². The molecule has 126 valence electrons. The van der Waals surface area contributed by atoms with Crippen molar-refractivity contribution in [3.63, 3.8) is 0 Å². The van der Waals surface area contributed by atoms with E-state index in [0.29, 0.717) is 17.9 Å². The Morgan fingerprint density at radius 2 is 2.26 bits per heavy atom. The normalized spacial score (nSPS) is 15.0. The van der Waals surface area contributed by atoms with E-state index in [9.17, 15) is 9.90 Å². The molecule has 0 aliphatic rings. The van der Waals surface area contributed by atoms with Crippen LogP contribution in [-0.4, -0.2) is 38.5 Å². The van der Waals surface area contributed by atoms with Crippen molar-refractivity contribution < 1.29 is 14.3 Å². The summed E-state index contributed by atoms with van der Waals surface area (Å²) in [4.78, 5) is 15.8. The highest BCUT2D eigenvalue weighted by Gasteiger charge is 2.28. The maximum absolute atomic E-state index is 11.9. The fraction of sp³-hybridized carbons (Fsp3) is 0.533. The van der Waals surface area contributed by atoms with Crippen LogP contribution in [0.15, 0.2) is 23.1 Å². The number of aromatic nitrogens is 3. The van der Waals surface area contributed by atoms with Crippen LogP contribution in [0.2, 0.25) is 0 Å². The Morgan fingerprint density at radius 1 is 1.52 bits per heavy atom. The third kappa shape index (κ3) is 4.56. The lowest BCUT2D eigenvalue weighted by Gasteiger charge is -2.24. The number of carbonyl (C=O) groups excluding carboxylic acids is 1. The molecule has 2 aromatic rings. The number of aliphatic hydroxyl groups is 1. The molecule has 3 N–H and O–H groups in total. The average Bonchev–Trinajstić information content (AvgIpc) is 3.06. The minimum atomic E-state index is -1.20. The Morgan fingerprint density at radius 3 is 2.83 bits per heavy atom. The predicted octanol–water partition coefficient (Wildman–Crippen LogP) is 1.08. The summed E-state index contributed by atoms with van der Waals surface area (Å²) >= 11 is 0. The highest BCUT2D eigenvalue weighted by molar-refractivity contribution is 5.74. The van der Waals surface area contributed by atoms with Gasteiger partial charge in [0.25, 0.3) is 0 Å². The number of hydrogen-bond donors (Lipinski definition) is 3. The van der Waals surface area contributed by atoms with Gasteiger partial charge in [0.15, 0.2) is 0 Å². The second-order valence-corrected chi connectivity index (χ2v) is 5.95. The van der Waals surface area contributed by atoms with Crippen molar-refractivity contribution >= 4 is 6.03 Å². The van der Waals surface area contributed by atoms with E-state index in [2.05, 4.69) is 20.7 Å². The van der Waals surface area contributed by atoms with Crippen LogP contribution in [-0.2, 0) is 12.1 Å². The molecule has 2 aromatic heterocycles. The van der Waals surface area contributed by atoms with Crippen molar-refractivity contribution in [1.82, 2.24) is 25.4 Å². The monoisotopic (exact) mass is 321 g/mol. The first-order valence-electron chi connectivity index (χ1n) is 7.44. The number of carbonyl (C=O) groups is 1. The Balaban J connectivity index is 1.84. The number of amides is 2. The van der Waals surface area contributed by atoms with Crippen molar-refractivity contribution in [1.29, 1.82) is 0 Å². The molecule has 0 radical (unpaired) electrons. The van der Waals surface area contributed by atoms with Gasteiger partial charge in [-0.3, -0.25) is 4.68 Å². The van der Waals surface area contributed by atoms with E-state index in [-0.39, 0.29) is 18.6 Å². The molecule has 0 aliphatic heterocycles. The molecular formula is C15H23N5O3. The summed E-state index contributed by atoms with van der Waals surface area (Å²) in [6.07, 6.45) is 3.03. The van der Waals surface area contributed by atoms with E-state index in [0.717, 1.165) is 5.76 Å². The topological polar surface area (TPSA) is 105 Å². The first kappa shape index (κ1) is 17.0. The van der Waals surface area contributed by atoms with Gasteiger partial charge in [-0.2, -0.15) is 5.10 Å². The molecule has 0 saturated heterocycles. The molecule has 2 rings (SSSR count). The van der Waals surface area contributed by atoms with E-state index >= 15 is 0 Å². The van der Waals surface area contributed by atoms with Crippen LogP contribution < -0.4 is 10.6 Å². The highest BCUT2D eigenvalue weighted by atomic mass is 16.3. The maximum atomic E-state index is 11.9. The summed E-state index contributed by atoms with van der Waals surface area (Å²) in [5.74, 6) is 1.37. The van der Waals surface area contributed by atoms with E-state index < -0.39 is 5.60 Å². The molecule has 23 heavy (non-hydrogen) atoms. The molecule has 2 atom stereocenters. The third-order valence-corrected chi connectivity index (χ3v) is 3.52. The molecular weight excluding hydrogens is 298 g/mol. The fourth-order valence-electron chi connectivity index (χ4n) is 2.44. The summed E-state index contributed by atoms with van der Waals surface area (Å²) in [5.41, 5.74) is -0.528. The number of nitrogens with one attached hydrogen (secondary N) is 2. The number of rotatable bonds is 6. The minimum absolute atomic E-state index is 0.0781. The van der Waals surface area contributed by atoms with Crippen molar-refractivity contribution in [2.24, 2.45) is 0 Å². The molecule has 2 heterocycles. The lowest BCUT2D eigenvalue weighted by atomic mass is 9.96. The van der Waals surface area contributed by atoms with Gasteiger partial charge in [-0.05, 0) is 33.8 Å². The second-order valence-electron chi connectivity index (χ2n) is 5.95. The van der Waals surface area contributed by atoms with Crippen LogP contribution in [0.3, 0.4) is 0 Å². The number of hydrogen-bond acceptors (Lipinski definition) is 5. The quantitative estimate of drug-likeness (QED) is 0.738. The minimum Gasteiger partial charge on any atom is -0.466 e. The van der Waals surface area contributed by atoms with Crippen molar-refractivity contribution in [2.75, 3.05) is 6.54 Å². The molecule has 0 aromatic carbocycles. The van der Waals surface area contributed by atoms with Gasteiger partial charge in [-0.1, -0.05) is 0 Å². The Kier molecular flexibility index (Phi) is 5.05. The van der Waals surface area contributed by atoms with Gasteiger partial charge in [0, 0.05) is 11.6 Å². The lowest BCUT2D eigenvalue weighted by Crippen LogP contribution is -2.47. The largest absolute Gasteiger partial charge is 0.466 e. The van der Waals surface area contributed by atoms with Crippen molar-refractivity contribution in [3.8, 4) is 0 Å². The summed E-state index contributed by atoms with van der Waals surface area (Å²) < 4.78 is 7.06. The molecule has 8 heteroatoms. The van der Waals surface area contributed by atoms with Crippen molar-refractivity contribution in [3.05, 3.63) is 35.8 Å².